The lowest BCUT2D eigenvalue weighted by molar-refractivity contribution is -0.137. The summed E-state index contributed by atoms with van der Waals surface area (Å²) >= 11 is 0. The van der Waals surface area contributed by atoms with Crippen molar-refractivity contribution in [3.63, 3.8) is 0 Å². The number of carbonyl (C=O) groups excluding carboxylic acids is 1. The summed E-state index contributed by atoms with van der Waals surface area (Å²) in [6, 6.07) is 6.78. The first-order chi connectivity index (χ1) is 14.0. The number of alkyl halides is 2. The van der Waals surface area contributed by atoms with Gasteiger partial charge < -0.3 is 9.64 Å². The zero-order valence-electron chi connectivity index (χ0n) is 16.6. The third kappa shape index (κ3) is 4.26. The second-order valence-corrected chi connectivity index (χ2v) is 7.59. The average molecular weight is 407 g/mol. The fraction of sp³-hybridized carbons (Fsp3) is 0.600. The lowest BCUT2D eigenvalue weighted by atomic mass is 10.2. The molecule has 2 aliphatic heterocycles. The van der Waals surface area contributed by atoms with Crippen molar-refractivity contribution in [2.45, 2.75) is 19.5 Å². The van der Waals surface area contributed by atoms with Crippen LogP contribution in [0.2, 0.25) is 0 Å². The third-order valence-corrected chi connectivity index (χ3v) is 5.87. The molecule has 0 aliphatic carbocycles. The molecule has 0 bridgehead atoms. The normalized spacial score (nSPS) is 20.5. The summed E-state index contributed by atoms with van der Waals surface area (Å²) in [5, 5.41) is 0. The number of hydrogen-bond donors (Lipinski definition) is 0. The number of rotatable bonds is 5. The van der Waals surface area contributed by atoms with Crippen molar-refractivity contribution < 1.29 is 18.3 Å². The molecule has 2 aliphatic rings. The van der Waals surface area contributed by atoms with E-state index in [1.165, 1.54) is 0 Å². The van der Waals surface area contributed by atoms with Gasteiger partial charge >= 0.3 is 6.55 Å². The minimum Gasteiger partial charge on any atom is -0.378 e. The lowest BCUT2D eigenvalue weighted by Gasteiger charge is -2.38. The van der Waals surface area contributed by atoms with Gasteiger partial charge in [0.2, 0.25) is 5.91 Å². The Morgan fingerprint density at radius 3 is 2.48 bits per heavy atom. The highest BCUT2D eigenvalue weighted by Crippen LogP contribution is 2.29. The van der Waals surface area contributed by atoms with Gasteiger partial charge in [-0.2, -0.15) is 8.78 Å². The first-order valence-electron chi connectivity index (χ1n) is 10.1. The van der Waals surface area contributed by atoms with Crippen molar-refractivity contribution in [3.8, 4) is 0 Å². The van der Waals surface area contributed by atoms with Crippen molar-refractivity contribution in [2.24, 2.45) is 0 Å². The number of piperazine rings is 1. The molecule has 29 heavy (non-hydrogen) atoms. The Kier molecular flexibility index (Phi) is 6.07. The molecule has 1 amide bonds. The number of para-hydroxylation sites is 2. The molecule has 0 radical (unpaired) electrons. The van der Waals surface area contributed by atoms with E-state index in [2.05, 4.69) is 14.8 Å². The minimum absolute atomic E-state index is 0.134. The molecule has 2 aromatic rings. The van der Waals surface area contributed by atoms with Crippen LogP contribution in [0.5, 0.6) is 0 Å². The molecule has 9 heteroatoms. The Morgan fingerprint density at radius 1 is 1.10 bits per heavy atom. The van der Waals surface area contributed by atoms with Gasteiger partial charge in [0.25, 0.3) is 0 Å². The maximum absolute atomic E-state index is 13.7. The number of fused-ring (bicyclic) bond motifs is 1. The van der Waals surface area contributed by atoms with E-state index < -0.39 is 6.55 Å². The molecule has 4 rings (SSSR count). The topological polar surface area (TPSA) is 53.8 Å². The summed E-state index contributed by atoms with van der Waals surface area (Å²) in [5.74, 6) is 0.522. The SMILES string of the molecule is C[C@H](c1nc2ccccc2n1C(F)F)N1CCN(CC(=O)N2CCOCC2)CC1. The van der Waals surface area contributed by atoms with Gasteiger partial charge in [-0.15, -0.1) is 0 Å². The summed E-state index contributed by atoms with van der Waals surface area (Å²) < 4.78 is 33.8. The molecule has 1 aromatic heterocycles. The van der Waals surface area contributed by atoms with Crippen LogP contribution in [-0.4, -0.2) is 89.2 Å². The number of hydrogen-bond acceptors (Lipinski definition) is 5. The van der Waals surface area contributed by atoms with E-state index in [0.29, 0.717) is 62.8 Å². The van der Waals surface area contributed by atoms with Gasteiger partial charge in [-0.3, -0.25) is 19.2 Å². The smallest absolute Gasteiger partial charge is 0.320 e. The zero-order chi connectivity index (χ0) is 20.4. The van der Waals surface area contributed by atoms with Crippen molar-refractivity contribution in [1.82, 2.24) is 24.3 Å². The van der Waals surface area contributed by atoms with Crippen LogP contribution in [0.3, 0.4) is 0 Å². The summed E-state index contributed by atoms with van der Waals surface area (Å²) in [6.45, 7) is 5.08. The number of halogens is 2. The van der Waals surface area contributed by atoms with Crippen LogP contribution in [0.25, 0.3) is 11.0 Å². The van der Waals surface area contributed by atoms with Crippen molar-refractivity contribution >= 4 is 16.9 Å². The van der Waals surface area contributed by atoms with Crippen LogP contribution in [0, 0.1) is 0 Å². The average Bonchev–Trinajstić information content (AvgIpc) is 3.14. The number of morpholine rings is 1. The minimum atomic E-state index is -2.63. The predicted molar refractivity (Wildman–Crippen MR) is 105 cm³/mol. The Morgan fingerprint density at radius 2 is 1.79 bits per heavy atom. The molecule has 1 aromatic carbocycles. The summed E-state index contributed by atoms with van der Waals surface area (Å²) in [7, 11) is 0. The van der Waals surface area contributed by atoms with Crippen LogP contribution >= 0.6 is 0 Å². The highest BCUT2D eigenvalue weighted by molar-refractivity contribution is 5.78. The Balaban J connectivity index is 1.39. The highest BCUT2D eigenvalue weighted by Gasteiger charge is 2.29. The fourth-order valence-electron chi connectivity index (χ4n) is 4.14. The number of aromatic nitrogens is 2. The van der Waals surface area contributed by atoms with E-state index in [1.54, 1.807) is 18.2 Å². The van der Waals surface area contributed by atoms with Gasteiger partial charge in [-0.1, -0.05) is 12.1 Å². The first-order valence-corrected chi connectivity index (χ1v) is 10.1. The number of nitrogens with zero attached hydrogens (tertiary/aromatic N) is 5. The van der Waals surface area contributed by atoms with Crippen molar-refractivity contribution in [2.75, 3.05) is 59.0 Å². The van der Waals surface area contributed by atoms with Gasteiger partial charge in [0, 0.05) is 39.3 Å². The molecule has 1 atom stereocenters. The summed E-state index contributed by atoms with van der Waals surface area (Å²) in [6.07, 6.45) is 0. The van der Waals surface area contributed by atoms with Crippen LogP contribution in [0.4, 0.5) is 8.78 Å². The van der Waals surface area contributed by atoms with E-state index in [0.717, 1.165) is 17.7 Å². The number of ether oxygens (including phenoxy) is 1. The van der Waals surface area contributed by atoms with E-state index >= 15 is 0 Å². The quantitative estimate of drug-likeness (QED) is 0.759. The largest absolute Gasteiger partial charge is 0.378 e. The fourth-order valence-corrected chi connectivity index (χ4v) is 4.14. The van der Waals surface area contributed by atoms with Gasteiger partial charge in [0.05, 0.1) is 36.8 Å². The molecule has 2 saturated heterocycles. The van der Waals surface area contributed by atoms with E-state index in [9.17, 15) is 13.6 Å². The number of carbonyl (C=O) groups is 1. The first kappa shape index (κ1) is 20.2. The van der Waals surface area contributed by atoms with Crippen LogP contribution in [0.1, 0.15) is 25.3 Å². The monoisotopic (exact) mass is 407 g/mol. The number of benzene rings is 1. The lowest BCUT2D eigenvalue weighted by Crippen LogP contribution is -2.52. The summed E-state index contributed by atoms with van der Waals surface area (Å²) in [4.78, 5) is 23.1. The third-order valence-electron chi connectivity index (χ3n) is 5.87. The second-order valence-electron chi connectivity index (χ2n) is 7.59. The molecule has 7 nitrogen and oxygen atoms in total. The molecule has 2 fully saturated rings. The van der Waals surface area contributed by atoms with Gasteiger partial charge in [0.1, 0.15) is 5.82 Å². The van der Waals surface area contributed by atoms with Gasteiger partial charge in [-0.25, -0.2) is 4.98 Å². The standard InChI is InChI=1S/C20H27F2N5O2/c1-15(19-23-16-4-2-3-5-17(16)27(19)20(21)22)25-8-6-24(7-9-25)14-18(28)26-10-12-29-13-11-26/h2-5,15,20H,6-14H2,1H3/t15-/m1/s1. The van der Waals surface area contributed by atoms with Crippen molar-refractivity contribution in [3.05, 3.63) is 30.1 Å². The molecule has 0 N–H and O–H groups in total. The number of amides is 1. The van der Waals surface area contributed by atoms with E-state index in [-0.39, 0.29) is 11.9 Å². The van der Waals surface area contributed by atoms with Crippen LogP contribution in [-0.2, 0) is 9.53 Å². The van der Waals surface area contributed by atoms with Crippen LogP contribution < -0.4 is 0 Å². The molecular formula is C20H27F2N5O2. The summed E-state index contributed by atoms with van der Waals surface area (Å²) in [5.41, 5.74) is 1.04. The maximum atomic E-state index is 13.7. The Labute approximate surface area is 168 Å². The van der Waals surface area contributed by atoms with E-state index in [1.807, 2.05) is 17.9 Å². The Bertz CT molecular complexity index is 845. The highest BCUT2D eigenvalue weighted by atomic mass is 19.3. The van der Waals surface area contributed by atoms with Crippen LogP contribution in [0.15, 0.2) is 24.3 Å². The maximum Gasteiger partial charge on any atom is 0.320 e. The molecule has 0 unspecified atom stereocenters. The molecule has 3 heterocycles. The van der Waals surface area contributed by atoms with E-state index in [4.69, 9.17) is 4.74 Å². The molecule has 0 spiro atoms. The molecular weight excluding hydrogens is 380 g/mol. The molecule has 0 saturated carbocycles. The van der Waals surface area contributed by atoms with Crippen molar-refractivity contribution in [1.29, 1.82) is 0 Å². The van der Waals surface area contributed by atoms with Gasteiger partial charge in [-0.05, 0) is 19.1 Å². The predicted octanol–water partition coefficient (Wildman–Crippen LogP) is 1.97. The molecule has 158 valence electrons. The number of imidazole rings is 1. The van der Waals surface area contributed by atoms with Gasteiger partial charge in [0.15, 0.2) is 0 Å². The second kappa shape index (κ2) is 8.73. The Hall–Kier alpha value is -2.10. The zero-order valence-corrected chi connectivity index (χ0v) is 16.6.